The van der Waals surface area contributed by atoms with Crippen LogP contribution in [0.4, 0.5) is 10.1 Å². The topological polar surface area (TPSA) is 83.5 Å². The molecule has 0 aliphatic carbocycles. The number of anilines is 1. The SMILES string of the molecule is O=C(O)Cc1ccc(S(=O)(=O)Nc2cccc(F)c2)cc1. The number of hydrogen-bond donors (Lipinski definition) is 2. The third-order valence-corrected chi connectivity index (χ3v) is 4.06. The van der Waals surface area contributed by atoms with E-state index in [-0.39, 0.29) is 17.0 Å². The molecule has 2 aromatic carbocycles. The largest absolute Gasteiger partial charge is 0.481 e. The van der Waals surface area contributed by atoms with E-state index in [9.17, 15) is 17.6 Å². The van der Waals surface area contributed by atoms with Gasteiger partial charge in [0.05, 0.1) is 17.0 Å². The molecule has 2 N–H and O–H groups in total. The van der Waals surface area contributed by atoms with E-state index in [0.29, 0.717) is 5.56 Å². The predicted octanol–water partition coefficient (Wildman–Crippen LogP) is 2.25. The van der Waals surface area contributed by atoms with Crippen LogP contribution in [0.2, 0.25) is 0 Å². The number of aliphatic carboxylic acids is 1. The van der Waals surface area contributed by atoms with Crippen molar-refractivity contribution in [1.29, 1.82) is 0 Å². The summed E-state index contributed by atoms with van der Waals surface area (Å²) in [7, 11) is -3.84. The van der Waals surface area contributed by atoms with Crippen molar-refractivity contribution in [2.24, 2.45) is 0 Å². The quantitative estimate of drug-likeness (QED) is 0.887. The van der Waals surface area contributed by atoms with E-state index in [1.54, 1.807) is 0 Å². The Labute approximate surface area is 121 Å². The fourth-order valence-electron chi connectivity index (χ4n) is 1.73. The van der Waals surface area contributed by atoms with Crippen molar-refractivity contribution in [1.82, 2.24) is 0 Å². The van der Waals surface area contributed by atoms with Crippen LogP contribution in [0.25, 0.3) is 0 Å². The van der Waals surface area contributed by atoms with E-state index in [0.717, 1.165) is 6.07 Å². The van der Waals surface area contributed by atoms with E-state index < -0.39 is 21.8 Å². The molecule has 7 heteroatoms. The van der Waals surface area contributed by atoms with E-state index in [2.05, 4.69) is 4.72 Å². The highest BCUT2D eigenvalue weighted by molar-refractivity contribution is 7.92. The number of carbonyl (C=O) groups is 1. The lowest BCUT2D eigenvalue weighted by atomic mass is 10.2. The summed E-state index contributed by atoms with van der Waals surface area (Å²) in [5.74, 6) is -1.55. The molecule has 0 aliphatic rings. The maximum atomic E-state index is 13.0. The van der Waals surface area contributed by atoms with Crippen molar-refractivity contribution in [3.63, 3.8) is 0 Å². The van der Waals surface area contributed by atoms with Gasteiger partial charge in [-0.15, -0.1) is 0 Å². The third-order valence-electron chi connectivity index (χ3n) is 2.67. The molecule has 0 saturated carbocycles. The Morgan fingerprint density at radius 2 is 1.81 bits per heavy atom. The summed E-state index contributed by atoms with van der Waals surface area (Å²) in [6, 6.07) is 10.6. The van der Waals surface area contributed by atoms with Crippen molar-refractivity contribution < 1.29 is 22.7 Å². The van der Waals surface area contributed by atoms with Gasteiger partial charge >= 0.3 is 5.97 Å². The molecule has 0 heterocycles. The fourth-order valence-corrected chi connectivity index (χ4v) is 2.78. The Morgan fingerprint density at radius 3 is 2.38 bits per heavy atom. The molecular formula is C14H12FNO4S. The van der Waals surface area contributed by atoms with Crippen LogP contribution >= 0.6 is 0 Å². The van der Waals surface area contributed by atoms with Crippen LogP contribution in [-0.4, -0.2) is 19.5 Å². The molecule has 5 nitrogen and oxygen atoms in total. The van der Waals surface area contributed by atoms with E-state index in [1.807, 2.05) is 0 Å². The molecule has 2 rings (SSSR count). The van der Waals surface area contributed by atoms with E-state index >= 15 is 0 Å². The van der Waals surface area contributed by atoms with Crippen LogP contribution in [-0.2, 0) is 21.2 Å². The first-order chi connectivity index (χ1) is 9.87. The van der Waals surface area contributed by atoms with Gasteiger partial charge in [0, 0.05) is 0 Å². The summed E-state index contributed by atoms with van der Waals surface area (Å²) >= 11 is 0. The third kappa shape index (κ3) is 4.03. The van der Waals surface area contributed by atoms with Gasteiger partial charge in [0.25, 0.3) is 10.0 Å². The second kappa shape index (κ2) is 5.92. The van der Waals surface area contributed by atoms with Gasteiger partial charge in [-0.3, -0.25) is 9.52 Å². The molecule has 0 aliphatic heterocycles. The normalized spacial score (nSPS) is 11.1. The highest BCUT2D eigenvalue weighted by Crippen LogP contribution is 2.17. The molecule has 0 aromatic heterocycles. The zero-order valence-electron chi connectivity index (χ0n) is 10.8. The lowest BCUT2D eigenvalue weighted by Gasteiger charge is -2.08. The Balaban J connectivity index is 2.21. The lowest BCUT2D eigenvalue weighted by molar-refractivity contribution is -0.136. The molecule has 21 heavy (non-hydrogen) atoms. The van der Waals surface area contributed by atoms with Gasteiger partial charge < -0.3 is 5.11 Å². The van der Waals surface area contributed by atoms with Gasteiger partial charge in [-0.2, -0.15) is 0 Å². The predicted molar refractivity (Wildman–Crippen MR) is 75.0 cm³/mol. The van der Waals surface area contributed by atoms with Gasteiger partial charge in [0.1, 0.15) is 5.82 Å². The number of sulfonamides is 1. The number of nitrogens with one attached hydrogen (secondary N) is 1. The Kier molecular flexibility index (Phi) is 4.23. The van der Waals surface area contributed by atoms with Crippen molar-refractivity contribution in [3.05, 3.63) is 59.9 Å². The first-order valence-electron chi connectivity index (χ1n) is 5.96. The molecule has 0 unspecified atom stereocenters. The fraction of sp³-hybridized carbons (Fsp3) is 0.0714. The maximum absolute atomic E-state index is 13.0. The number of benzene rings is 2. The van der Waals surface area contributed by atoms with Gasteiger partial charge in [0.15, 0.2) is 0 Å². The number of carboxylic acids is 1. The number of rotatable bonds is 5. The van der Waals surface area contributed by atoms with Crippen LogP contribution in [0, 0.1) is 5.82 Å². The molecular weight excluding hydrogens is 297 g/mol. The van der Waals surface area contributed by atoms with Crippen LogP contribution < -0.4 is 4.72 Å². The molecule has 0 atom stereocenters. The monoisotopic (exact) mass is 309 g/mol. The van der Waals surface area contributed by atoms with Crippen LogP contribution in [0.5, 0.6) is 0 Å². The maximum Gasteiger partial charge on any atom is 0.307 e. The number of halogens is 1. The molecule has 0 spiro atoms. The highest BCUT2D eigenvalue weighted by atomic mass is 32.2. The average molecular weight is 309 g/mol. The van der Waals surface area contributed by atoms with Crippen molar-refractivity contribution >= 4 is 21.7 Å². The minimum atomic E-state index is -3.84. The first-order valence-corrected chi connectivity index (χ1v) is 7.44. The Morgan fingerprint density at radius 1 is 1.14 bits per heavy atom. The zero-order valence-corrected chi connectivity index (χ0v) is 11.6. The molecule has 0 saturated heterocycles. The zero-order chi connectivity index (χ0) is 15.5. The minimum Gasteiger partial charge on any atom is -0.481 e. The van der Waals surface area contributed by atoms with Crippen molar-refractivity contribution in [2.75, 3.05) is 4.72 Å². The molecule has 0 amide bonds. The second-order valence-electron chi connectivity index (χ2n) is 4.33. The second-order valence-corrected chi connectivity index (χ2v) is 6.01. The molecule has 0 radical (unpaired) electrons. The number of carboxylic acid groups (broad SMARTS) is 1. The van der Waals surface area contributed by atoms with E-state index in [4.69, 9.17) is 5.11 Å². The van der Waals surface area contributed by atoms with Gasteiger partial charge in [-0.25, -0.2) is 12.8 Å². The number of hydrogen-bond acceptors (Lipinski definition) is 3. The van der Waals surface area contributed by atoms with Gasteiger partial charge in [0.2, 0.25) is 0 Å². The standard InChI is InChI=1S/C14H12FNO4S/c15-11-2-1-3-12(9-11)16-21(19,20)13-6-4-10(5-7-13)8-14(17)18/h1-7,9,16H,8H2,(H,17,18). The van der Waals surface area contributed by atoms with Crippen molar-refractivity contribution in [2.45, 2.75) is 11.3 Å². The smallest absolute Gasteiger partial charge is 0.307 e. The summed E-state index contributed by atoms with van der Waals surface area (Å²) in [6.45, 7) is 0. The lowest BCUT2D eigenvalue weighted by Crippen LogP contribution is -2.13. The molecule has 0 bridgehead atoms. The summed E-state index contributed by atoms with van der Waals surface area (Å²) < 4.78 is 39.5. The Hall–Kier alpha value is -2.41. The summed E-state index contributed by atoms with van der Waals surface area (Å²) in [5.41, 5.74) is 0.608. The molecule has 110 valence electrons. The summed E-state index contributed by atoms with van der Waals surface area (Å²) in [5, 5.41) is 8.65. The minimum absolute atomic E-state index is 0.0269. The summed E-state index contributed by atoms with van der Waals surface area (Å²) in [4.78, 5) is 10.5. The van der Waals surface area contributed by atoms with E-state index in [1.165, 1.54) is 42.5 Å². The van der Waals surface area contributed by atoms with Crippen LogP contribution in [0.1, 0.15) is 5.56 Å². The molecule has 0 fully saturated rings. The highest BCUT2D eigenvalue weighted by Gasteiger charge is 2.14. The van der Waals surface area contributed by atoms with Gasteiger partial charge in [-0.05, 0) is 35.9 Å². The Bertz CT molecular complexity index is 757. The average Bonchev–Trinajstić information content (AvgIpc) is 2.38. The van der Waals surface area contributed by atoms with Crippen molar-refractivity contribution in [3.8, 4) is 0 Å². The molecule has 2 aromatic rings. The first kappa shape index (κ1) is 15.0. The van der Waals surface area contributed by atoms with Crippen LogP contribution in [0.3, 0.4) is 0 Å². The van der Waals surface area contributed by atoms with Crippen LogP contribution in [0.15, 0.2) is 53.4 Å². The van der Waals surface area contributed by atoms with Gasteiger partial charge in [-0.1, -0.05) is 18.2 Å². The summed E-state index contributed by atoms with van der Waals surface area (Å²) in [6.07, 6.45) is -0.183.